The Morgan fingerprint density at radius 1 is 1.11 bits per heavy atom. The third kappa shape index (κ3) is 2.73. The summed E-state index contributed by atoms with van der Waals surface area (Å²) in [5.41, 5.74) is 6.38. The van der Waals surface area contributed by atoms with Crippen molar-refractivity contribution in [1.82, 2.24) is 0 Å². The second-order valence-corrected chi connectivity index (χ2v) is 6.21. The van der Waals surface area contributed by atoms with Gasteiger partial charge in [-0.1, -0.05) is 26.7 Å². The Morgan fingerprint density at radius 2 is 1.72 bits per heavy atom. The molecule has 2 rings (SSSR count). The highest BCUT2D eigenvalue weighted by atomic mass is 16.7. The molecule has 3 heteroatoms. The second-order valence-electron chi connectivity index (χ2n) is 6.21. The average molecular weight is 255 g/mol. The topological polar surface area (TPSA) is 44.5 Å². The Morgan fingerprint density at radius 3 is 2.22 bits per heavy atom. The van der Waals surface area contributed by atoms with Gasteiger partial charge in [-0.05, 0) is 37.1 Å². The van der Waals surface area contributed by atoms with Crippen molar-refractivity contribution in [3.05, 3.63) is 0 Å². The largest absolute Gasteiger partial charge is 0.348 e. The van der Waals surface area contributed by atoms with Crippen LogP contribution < -0.4 is 5.73 Å². The molecule has 0 radical (unpaired) electrons. The van der Waals surface area contributed by atoms with E-state index in [2.05, 4.69) is 13.8 Å². The summed E-state index contributed by atoms with van der Waals surface area (Å²) in [6, 6.07) is 0. The molecule has 1 spiro atoms. The zero-order chi connectivity index (χ0) is 13.1. The van der Waals surface area contributed by atoms with Crippen LogP contribution in [0.25, 0.3) is 0 Å². The first-order valence-corrected chi connectivity index (χ1v) is 7.64. The van der Waals surface area contributed by atoms with Crippen molar-refractivity contribution in [2.75, 3.05) is 19.8 Å². The lowest BCUT2D eigenvalue weighted by molar-refractivity contribution is -0.196. The molecule has 0 bridgehead atoms. The molecule has 2 fully saturated rings. The molecule has 0 aromatic heterocycles. The maximum atomic E-state index is 5.94. The van der Waals surface area contributed by atoms with Gasteiger partial charge in [-0.25, -0.2) is 0 Å². The molecule has 1 saturated heterocycles. The van der Waals surface area contributed by atoms with E-state index < -0.39 is 0 Å². The molecule has 1 aliphatic carbocycles. The van der Waals surface area contributed by atoms with Gasteiger partial charge in [-0.15, -0.1) is 0 Å². The minimum Gasteiger partial charge on any atom is -0.348 e. The number of hydrogen-bond donors (Lipinski definition) is 1. The third-order valence-electron chi connectivity index (χ3n) is 5.25. The van der Waals surface area contributed by atoms with Crippen molar-refractivity contribution in [1.29, 1.82) is 0 Å². The Bertz CT molecular complexity index is 251. The number of unbranched alkanes of at least 4 members (excludes halogenated alkanes) is 1. The summed E-state index contributed by atoms with van der Waals surface area (Å²) in [5, 5.41) is 0. The normalized spacial score (nSPS) is 27.5. The number of rotatable bonds is 5. The van der Waals surface area contributed by atoms with Crippen LogP contribution in [0.2, 0.25) is 0 Å². The van der Waals surface area contributed by atoms with Gasteiger partial charge in [0, 0.05) is 12.8 Å². The van der Waals surface area contributed by atoms with E-state index in [4.69, 9.17) is 15.2 Å². The van der Waals surface area contributed by atoms with Crippen LogP contribution in [0.5, 0.6) is 0 Å². The Balaban J connectivity index is 1.99. The average Bonchev–Trinajstić information content (AvgIpc) is 2.86. The Hall–Kier alpha value is -0.120. The third-order valence-corrected chi connectivity index (χ3v) is 5.25. The van der Waals surface area contributed by atoms with Gasteiger partial charge < -0.3 is 15.2 Å². The lowest BCUT2D eigenvalue weighted by Crippen LogP contribution is -2.44. The Kier molecular flexibility index (Phi) is 4.68. The predicted octanol–water partition coefficient (Wildman–Crippen LogP) is 3.07. The van der Waals surface area contributed by atoms with E-state index >= 15 is 0 Å². The van der Waals surface area contributed by atoms with E-state index in [0.29, 0.717) is 11.3 Å². The van der Waals surface area contributed by atoms with Gasteiger partial charge >= 0.3 is 0 Å². The van der Waals surface area contributed by atoms with Crippen molar-refractivity contribution in [3.63, 3.8) is 0 Å². The van der Waals surface area contributed by atoms with Crippen LogP contribution in [0, 0.1) is 11.3 Å². The summed E-state index contributed by atoms with van der Waals surface area (Å²) in [4.78, 5) is 0. The van der Waals surface area contributed by atoms with E-state index in [0.717, 1.165) is 32.6 Å². The quantitative estimate of drug-likeness (QED) is 0.821. The molecule has 0 aromatic carbocycles. The highest BCUT2D eigenvalue weighted by molar-refractivity contribution is 4.94. The van der Waals surface area contributed by atoms with Gasteiger partial charge in [-0.3, -0.25) is 0 Å². The summed E-state index contributed by atoms with van der Waals surface area (Å²) < 4.78 is 11.7. The molecule has 1 unspecified atom stereocenters. The van der Waals surface area contributed by atoms with Crippen LogP contribution in [-0.4, -0.2) is 25.5 Å². The van der Waals surface area contributed by atoms with Crippen molar-refractivity contribution in [3.8, 4) is 0 Å². The highest BCUT2D eigenvalue weighted by Gasteiger charge is 2.47. The molecule has 1 saturated carbocycles. The standard InChI is InChI=1S/C15H29NO2/c1-3-4-5-14(13(2)12-16)6-8-15(9-7-14)17-10-11-18-15/h13H,3-12,16H2,1-2H3. The fourth-order valence-electron chi connectivity index (χ4n) is 3.68. The van der Waals surface area contributed by atoms with E-state index in [1.807, 2.05) is 0 Å². The first kappa shape index (κ1) is 14.3. The summed E-state index contributed by atoms with van der Waals surface area (Å²) in [6.45, 7) is 6.94. The van der Waals surface area contributed by atoms with Gasteiger partial charge in [0.15, 0.2) is 5.79 Å². The molecule has 1 heterocycles. The van der Waals surface area contributed by atoms with Crippen LogP contribution >= 0.6 is 0 Å². The van der Waals surface area contributed by atoms with Crippen LogP contribution in [0.1, 0.15) is 58.8 Å². The molecule has 18 heavy (non-hydrogen) atoms. The zero-order valence-corrected chi connectivity index (χ0v) is 12.0. The van der Waals surface area contributed by atoms with E-state index in [1.165, 1.54) is 32.1 Å². The van der Waals surface area contributed by atoms with Crippen molar-refractivity contribution in [2.45, 2.75) is 64.6 Å². The summed E-state index contributed by atoms with van der Waals surface area (Å²) in [5.74, 6) is 0.382. The fraction of sp³-hybridized carbons (Fsp3) is 1.00. The molecular weight excluding hydrogens is 226 g/mol. The van der Waals surface area contributed by atoms with Crippen molar-refractivity contribution < 1.29 is 9.47 Å². The lowest BCUT2D eigenvalue weighted by atomic mass is 9.62. The molecule has 1 aliphatic heterocycles. The van der Waals surface area contributed by atoms with Gasteiger partial charge in [0.1, 0.15) is 0 Å². The Labute approximate surface area is 111 Å². The molecule has 2 aliphatic rings. The molecule has 0 amide bonds. The second kappa shape index (κ2) is 5.89. The molecule has 2 N–H and O–H groups in total. The van der Waals surface area contributed by atoms with Gasteiger partial charge in [-0.2, -0.15) is 0 Å². The van der Waals surface area contributed by atoms with Gasteiger partial charge in [0.25, 0.3) is 0 Å². The smallest absolute Gasteiger partial charge is 0.168 e. The maximum absolute atomic E-state index is 5.94. The van der Waals surface area contributed by atoms with Gasteiger partial charge in [0.05, 0.1) is 13.2 Å². The minimum absolute atomic E-state index is 0.232. The first-order valence-electron chi connectivity index (χ1n) is 7.64. The SMILES string of the molecule is CCCCC1(C(C)CN)CCC2(CC1)OCCO2. The summed E-state index contributed by atoms with van der Waals surface area (Å²) in [6.07, 6.45) is 8.45. The monoisotopic (exact) mass is 255 g/mol. The summed E-state index contributed by atoms with van der Waals surface area (Å²) >= 11 is 0. The number of ether oxygens (including phenoxy) is 2. The predicted molar refractivity (Wildman–Crippen MR) is 73.3 cm³/mol. The van der Waals surface area contributed by atoms with E-state index in [9.17, 15) is 0 Å². The van der Waals surface area contributed by atoms with Crippen LogP contribution in [0.3, 0.4) is 0 Å². The molecule has 106 valence electrons. The minimum atomic E-state index is -0.232. The van der Waals surface area contributed by atoms with Crippen molar-refractivity contribution >= 4 is 0 Å². The van der Waals surface area contributed by atoms with E-state index in [1.54, 1.807) is 0 Å². The molecular formula is C15H29NO2. The fourth-order valence-corrected chi connectivity index (χ4v) is 3.68. The van der Waals surface area contributed by atoms with Crippen molar-refractivity contribution in [2.24, 2.45) is 17.1 Å². The van der Waals surface area contributed by atoms with Crippen LogP contribution in [0.15, 0.2) is 0 Å². The van der Waals surface area contributed by atoms with E-state index in [-0.39, 0.29) is 5.79 Å². The first-order chi connectivity index (χ1) is 8.66. The number of hydrogen-bond acceptors (Lipinski definition) is 3. The van der Waals surface area contributed by atoms with Gasteiger partial charge in [0.2, 0.25) is 0 Å². The highest BCUT2D eigenvalue weighted by Crippen LogP contribution is 2.51. The lowest BCUT2D eigenvalue weighted by Gasteiger charge is -2.47. The number of nitrogens with two attached hydrogens (primary N) is 1. The van der Waals surface area contributed by atoms with Crippen LogP contribution in [0.4, 0.5) is 0 Å². The molecule has 0 aromatic rings. The summed E-state index contributed by atoms with van der Waals surface area (Å²) in [7, 11) is 0. The van der Waals surface area contributed by atoms with Crippen LogP contribution in [-0.2, 0) is 9.47 Å². The maximum Gasteiger partial charge on any atom is 0.168 e. The molecule has 1 atom stereocenters. The molecule has 3 nitrogen and oxygen atoms in total. The zero-order valence-electron chi connectivity index (χ0n) is 12.0.